The number of nitrogens with zero attached hydrogens (tertiary/aromatic N) is 5. The van der Waals surface area contributed by atoms with E-state index in [1.807, 2.05) is 18.6 Å². The van der Waals surface area contributed by atoms with E-state index in [0.717, 1.165) is 40.1 Å². The van der Waals surface area contributed by atoms with Crippen LogP contribution in [0.2, 0.25) is 0 Å². The fourth-order valence-corrected chi connectivity index (χ4v) is 5.13. The molecule has 1 atom stereocenters. The van der Waals surface area contributed by atoms with E-state index in [0.29, 0.717) is 24.4 Å². The molecule has 1 aliphatic rings. The highest BCUT2D eigenvalue weighted by atomic mass is 32.1. The van der Waals surface area contributed by atoms with Crippen molar-refractivity contribution in [2.45, 2.75) is 58.2 Å². The highest BCUT2D eigenvalue weighted by Gasteiger charge is 2.23. The minimum absolute atomic E-state index is 0.0198. The Morgan fingerprint density at radius 2 is 2.00 bits per heavy atom. The zero-order chi connectivity index (χ0) is 23.5. The van der Waals surface area contributed by atoms with Crippen LogP contribution in [0.4, 0.5) is 11.8 Å². The number of anilines is 2. The molecule has 0 saturated heterocycles. The zero-order valence-corrected chi connectivity index (χ0v) is 20.4. The predicted octanol–water partition coefficient (Wildman–Crippen LogP) is 5.11. The van der Waals surface area contributed by atoms with Crippen molar-refractivity contribution in [2.24, 2.45) is 5.92 Å². The van der Waals surface area contributed by atoms with Gasteiger partial charge in [0.05, 0.1) is 29.5 Å². The molecule has 0 radical (unpaired) electrons. The number of hydrogen-bond acceptors (Lipinski definition) is 8. The fourth-order valence-electron chi connectivity index (χ4n) is 4.43. The van der Waals surface area contributed by atoms with Crippen molar-refractivity contribution in [3.8, 4) is 10.6 Å². The van der Waals surface area contributed by atoms with Crippen molar-refractivity contribution >= 4 is 34.3 Å². The summed E-state index contributed by atoms with van der Waals surface area (Å²) in [6.45, 7) is 4.74. The first kappa shape index (κ1) is 22.7. The number of imidazole rings is 1. The van der Waals surface area contributed by atoms with Crippen molar-refractivity contribution in [3.63, 3.8) is 0 Å². The van der Waals surface area contributed by atoms with E-state index in [9.17, 15) is 5.11 Å². The van der Waals surface area contributed by atoms with E-state index in [-0.39, 0.29) is 18.6 Å². The Hall–Kier alpha value is -3.04. The maximum Gasteiger partial charge on any atom is 0.227 e. The third-order valence-corrected chi connectivity index (χ3v) is 7.41. The second-order valence-corrected chi connectivity index (χ2v) is 10.2. The summed E-state index contributed by atoms with van der Waals surface area (Å²) in [7, 11) is 0. The number of rotatable bonds is 9. The Bertz CT molecular complexity index is 1210. The lowest BCUT2D eigenvalue weighted by atomic mass is 10.1. The number of thiophene rings is 1. The Labute approximate surface area is 203 Å². The SMILES string of the molecule is CC(C)[C@@H](CO)Nc1nc(NCc2ccc(-c3cccs3)nc2)c2ncn(C3CCCC3)c2n1. The summed E-state index contributed by atoms with van der Waals surface area (Å²) in [6.07, 6.45) is 8.56. The summed E-state index contributed by atoms with van der Waals surface area (Å²) in [5.74, 6) is 1.44. The van der Waals surface area contributed by atoms with Crippen molar-refractivity contribution in [2.75, 3.05) is 17.2 Å². The molecule has 1 aliphatic carbocycles. The van der Waals surface area contributed by atoms with Gasteiger partial charge in [-0.25, -0.2) is 4.98 Å². The van der Waals surface area contributed by atoms with E-state index in [4.69, 9.17) is 9.97 Å². The van der Waals surface area contributed by atoms with Gasteiger partial charge in [0.2, 0.25) is 5.95 Å². The first-order chi connectivity index (χ1) is 16.6. The molecule has 5 rings (SSSR count). The van der Waals surface area contributed by atoms with Crippen molar-refractivity contribution in [1.29, 1.82) is 0 Å². The van der Waals surface area contributed by atoms with Crippen LogP contribution in [0.5, 0.6) is 0 Å². The smallest absolute Gasteiger partial charge is 0.227 e. The molecule has 0 amide bonds. The van der Waals surface area contributed by atoms with Crippen LogP contribution in [0.15, 0.2) is 42.2 Å². The highest BCUT2D eigenvalue weighted by Crippen LogP contribution is 2.33. The average molecular weight is 478 g/mol. The van der Waals surface area contributed by atoms with Gasteiger partial charge in [-0.15, -0.1) is 11.3 Å². The quantitative estimate of drug-likeness (QED) is 0.308. The van der Waals surface area contributed by atoms with E-state index in [1.165, 1.54) is 12.8 Å². The van der Waals surface area contributed by atoms with Crippen molar-refractivity contribution < 1.29 is 5.11 Å². The lowest BCUT2D eigenvalue weighted by Crippen LogP contribution is -2.30. The topological polar surface area (TPSA) is 101 Å². The molecule has 4 heterocycles. The normalized spacial score (nSPS) is 15.3. The molecule has 8 nitrogen and oxygen atoms in total. The van der Waals surface area contributed by atoms with Crippen LogP contribution in [0, 0.1) is 5.92 Å². The number of aliphatic hydroxyl groups is 1. The molecule has 1 fully saturated rings. The third kappa shape index (κ3) is 4.76. The predicted molar refractivity (Wildman–Crippen MR) is 137 cm³/mol. The van der Waals surface area contributed by atoms with Gasteiger partial charge in [-0.2, -0.15) is 9.97 Å². The minimum atomic E-state index is -0.123. The molecule has 34 heavy (non-hydrogen) atoms. The van der Waals surface area contributed by atoms with Gasteiger partial charge in [0, 0.05) is 18.8 Å². The summed E-state index contributed by atoms with van der Waals surface area (Å²) < 4.78 is 2.20. The molecule has 1 saturated carbocycles. The molecule has 3 N–H and O–H groups in total. The summed E-state index contributed by atoms with van der Waals surface area (Å²) in [5, 5.41) is 18.7. The van der Waals surface area contributed by atoms with Crippen LogP contribution >= 0.6 is 11.3 Å². The summed E-state index contributed by atoms with van der Waals surface area (Å²) in [6, 6.07) is 8.55. The molecule has 0 unspecified atom stereocenters. The second-order valence-electron chi connectivity index (χ2n) is 9.22. The fraction of sp³-hybridized carbons (Fsp3) is 0.440. The molecule has 0 bridgehead atoms. The lowest BCUT2D eigenvalue weighted by Gasteiger charge is -2.20. The molecule has 0 aromatic carbocycles. The zero-order valence-electron chi connectivity index (χ0n) is 19.6. The van der Waals surface area contributed by atoms with Crippen LogP contribution in [-0.2, 0) is 6.54 Å². The van der Waals surface area contributed by atoms with E-state index < -0.39 is 0 Å². The van der Waals surface area contributed by atoms with Crippen molar-refractivity contribution in [1.82, 2.24) is 24.5 Å². The summed E-state index contributed by atoms with van der Waals surface area (Å²) in [5.41, 5.74) is 3.64. The Balaban J connectivity index is 1.42. The van der Waals surface area contributed by atoms with Gasteiger partial charge < -0.3 is 20.3 Å². The number of pyridine rings is 1. The molecule has 4 aromatic rings. The standard InChI is InChI=1S/C25H31N7OS/c1-16(2)20(14-33)29-25-30-23(22-24(31-25)32(15-28-22)18-6-3-4-7-18)27-13-17-9-10-19(26-12-17)21-8-5-11-34-21/h5,8-12,15-16,18,20,33H,3-4,6-7,13-14H2,1-2H3,(H2,27,29,30,31)/t20-/m1/s1. The number of aliphatic hydroxyl groups excluding tert-OH is 1. The number of hydrogen-bond donors (Lipinski definition) is 3. The van der Waals surface area contributed by atoms with Gasteiger partial charge in [0.25, 0.3) is 0 Å². The number of aromatic nitrogens is 5. The Kier molecular flexibility index (Phi) is 6.73. The molecule has 0 spiro atoms. The second kappa shape index (κ2) is 10.1. The molecular weight excluding hydrogens is 446 g/mol. The van der Waals surface area contributed by atoms with Gasteiger partial charge >= 0.3 is 0 Å². The first-order valence-corrected chi connectivity index (χ1v) is 12.8. The van der Waals surface area contributed by atoms with Gasteiger partial charge in [-0.1, -0.05) is 38.8 Å². The van der Waals surface area contributed by atoms with Crippen molar-refractivity contribution in [3.05, 3.63) is 47.7 Å². The van der Waals surface area contributed by atoms with Gasteiger partial charge in [0.15, 0.2) is 17.0 Å². The van der Waals surface area contributed by atoms with Crippen LogP contribution in [-0.4, -0.2) is 42.3 Å². The van der Waals surface area contributed by atoms with Crippen LogP contribution in [0.1, 0.15) is 51.1 Å². The van der Waals surface area contributed by atoms with Gasteiger partial charge in [-0.3, -0.25) is 4.98 Å². The highest BCUT2D eigenvalue weighted by molar-refractivity contribution is 7.13. The monoisotopic (exact) mass is 477 g/mol. The molecule has 178 valence electrons. The first-order valence-electron chi connectivity index (χ1n) is 12.0. The Morgan fingerprint density at radius 1 is 1.15 bits per heavy atom. The van der Waals surface area contributed by atoms with Crippen LogP contribution in [0.25, 0.3) is 21.7 Å². The van der Waals surface area contributed by atoms with Crippen LogP contribution in [0.3, 0.4) is 0 Å². The Morgan fingerprint density at radius 3 is 2.68 bits per heavy atom. The van der Waals surface area contributed by atoms with E-state index in [2.05, 4.69) is 62.6 Å². The number of nitrogens with one attached hydrogen (secondary N) is 2. The molecule has 9 heteroatoms. The molecule has 4 aromatic heterocycles. The van der Waals surface area contributed by atoms with E-state index in [1.54, 1.807) is 11.3 Å². The van der Waals surface area contributed by atoms with Gasteiger partial charge in [-0.05, 0) is 41.8 Å². The lowest BCUT2D eigenvalue weighted by molar-refractivity contribution is 0.248. The van der Waals surface area contributed by atoms with E-state index >= 15 is 0 Å². The average Bonchev–Trinajstić information content (AvgIpc) is 3.62. The van der Waals surface area contributed by atoms with Gasteiger partial charge in [0.1, 0.15) is 0 Å². The van der Waals surface area contributed by atoms with Crippen LogP contribution < -0.4 is 10.6 Å². The maximum absolute atomic E-state index is 9.81. The minimum Gasteiger partial charge on any atom is -0.394 e. The summed E-state index contributed by atoms with van der Waals surface area (Å²) in [4.78, 5) is 20.0. The third-order valence-electron chi connectivity index (χ3n) is 6.51. The number of fused-ring (bicyclic) bond motifs is 1. The largest absolute Gasteiger partial charge is 0.394 e. The summed E-state index contributed by atoms with van der Waals surface area (Å²) >= 11 is 1.69. The molecular formula is C25H31N7OS. The molecule has 0 aliphatic heterocycles. The maximum atomic E-state index is 9.81.